The maximum atomic E-state index is 13.9. The second-order valence-electron chi connectivity index (χ2n) is 5.13. The fourth-order valence-corrected chi connectivity index (χ4v) is 2.27. The van der Waals surface area contributed by atoms with Gasteiger partial charge >= 0.3 is 5.97 Å². The molecule has 0 fully saturated rings. The number of halogens is 2. The summed E-state index contributed by atoms with van der Waals surface area (Å²) >= 11 is 0. The lowest BCUT2D eigenvalue weighted by molar-refractivity contribution is 0.0470. The van der Waals surface area contributed by atoms with E-state index in [1.807, 2.05) is 6.07 Å². The van der Waals surface area contributed by atoms with Gasteiger partial charge in [-0.05, 0) is 24.3 Å². The van der Waals surface area contributed by atoms with Crippen molar-refractivity contribution < 1.29 is 18.3 Å². The lowest BCUT2D eigenvalue weighted by atomic mass is 10.1. The highest BCUT2D eigenvalue weighted by Crippen LogP contribution is 2.24. The van der Waals surface area contributed by atoms with Gasteiger partial charge in [0.25, 0.3) is 0 Å². The number of nitriles is 1. The summed E-state index contributed by atoms with van der Waals surface area (Å²) in [6.45, 7) is -0.321. The van der Waals surface area contributed by atoms with Crippen LogP contribution in [0.5, 0.6) is 0 Å². The van der Waals surface area contributed by atoms with E-state index < -0.39 is 17.6 Å². The zero-order valence-electron chi connectivity index (χ0n) is 12.8. The molecule has 2 aromatic carbocycles. The van der Waals surface area contributed by atoms with Gasteiger partial charge in [-0.25, -0.2) is 13.6 Å². The summed E-state index contributed by atoms with van der Waals surface area (Å²) in [5.41, 5.74) is 0.701. The fraction of sp³-hybridized carbons (Fsp3) is 0.0556. The number of nitrogens with one attached hydrogen (secondary N) is 1. The first-order chi connectivity index (χ1) is 12.1. The first-order valence-corrected chi connectivity index (χ1v) is 7.24. The number of carbonyl (C=O) groups excluding carboxylic acids is 1. The summed E-state index contributed by atoms with van der Waals surface area (Å²) in [5, 5.41) is 15.0. The predicted molar refractivity (Wildman–Crippen MR) is 84.2 cm³/mol. The van der Waals surface area contributed by atoms with Gasteiger partial charge < -0.3 is 4.74 Å². The summed E-state index contributed by atoms with van der Waals surface area (Å²) in [6, 6.07) is 11.6. The highest BCUT2D eigenvalue weighted by atomic mass is 19.1. The first-order valence-electron chi connectivity index (χ1n) is 7.24. The number of aromatic amines is 1. The number of aromatic nitrogens is 2. The Morgan fingerprint density at radius 3 is 2.72 bits per heavy atom. The van der Waals surface area contributed by atoms with E-state index in [0.717, 1.165) is 6.07 Å². The normalized spacial score (nSPS) is 10.3. The SMILES string of the molecule is N#Cc1ccc(COC(=O)c2cn[nH]c2-c2ccccc2F)c(F)c1. The van der Waals surface area contributed by atoms with E-state index in [9.17, 15) is 13.6 Å². The molecular formula is C18H11F2N3O2. The fourth-order valence-electron chi connectivity index (χ4n) is 2.27. The molecule has 25 heavy (non-hydrogen) atoms. The predicted octanol–water partition coefficient (Wildman–Crippen LogP) is 3.58. The van der Waals surface area contributed by atoms with Gasteiger partial charge in [-0.15, -0.1) is 0 Å². The van der Waals surface area contributed by atoms with Gasteiger partial charge in [0, 0.05) is 11.1 Å². The number of hydrogen-bond donors (Lipinski definition) is 1. The summed E-state index contributed by atoms with van der Waals surface area (Å²) in [7, 11) is 0. The molecule has 0 aliphatic heterocycles. The molecular weight excluding hydrogens is 328 g/mol. The summed E-state index contributed by atoms with van der Waals surface area (Å²) in [4.78, 5) is 12.2. The monoisotopic (exact) mass is 339 g/mol. The van der Waals surface area contributed by atoms with Crippen LogP contribution < -0.4 is 0 Å². The molecule has 7 heteroatoms. The minimum absolute atomic E-state index is 0.0409. The van der Waals surface area contributed by atoms with Gasteiger partial charge in [0.05, 0.1) is 23.5 Å². The molecule has 0 aliphatic carbocycles. The van der Waals surface area contributed by atoms with Crippen LogP contribution >= 0.6 is 0 Å². The van der Waals surface area contributed by atoms with Crippen molar-refractivity contribution in [1.29, 1.82) is 5.26 Å². The van der Waals surface area contributed by atoms with Crippen molar-refractivity contribution in [2.24, 2.45) is 0 Å². The van der Waals surface area contributed by atoms with Crippen LogP contribution in [0.25, 0.3) is 11.3 Å². The average Bonchev–Trinajstić information content (AvgIpc) is 3.10. The molecule has 1 heterocycles. The van der Waals surface area contributed by atoms with E-state index in [1.165, 1.54) is 36.5 Å². The molecule has 1 aromatic heterocycles. The molecule has 0 bridgehead atoms. The van der Waals surface area contributed by atoms with Crippen molar-refractivity contribution in [3.63, 3.8) is 0 Å². The van der Waals surface area contributed by atoms with E-state index in [-0.39, 0.29) is 34.6 Å². The third-order valence-electron chi connectivity index (χ3n) is 3.54. The summed E-state index contributed by atoms with van der Waals surface area (Å²) in [6.07, 6.45) is 1.22. The van der Waals surface area contributed by atoms with Crippen LogP contribution in [0.3, 0.4) is 0 Å². The number of ether oxygens (including phenoxy) is 1. The summed E-state index contributed by atoms with van der Waals surface area (Å²) < 4.78 is 32.8. The van der Waals surface area contributed by atoms with Crippen LogP contribution in [0.15, 0.2) is 48.7 Å². The largest absolute Gasteiger partial charge is 0.457 e. The molecule has 3 rings (SSSR count). The summed E-state index contributed by atoms with van der Waals surface area (Å²) in [5.74, 6) is -1.93. The Kier molecular flexibility index (Phi) is 4.53. The molecule has 0 amide bonds. The van der Waals surface area contributed by atoms with Crippen molar-refractivity contribution in [3.05, 3.63) is 77.0 Å². The minimum atomic E-state index is -0.768. The molecule has 0 spiro atoms. The maximum absolute atomic E-state index is 13.9. The Balaban J connectivity index is 1.79. The van der Waals surface area contributed by atoms with Crippen molar-refractivity contribution in [1.82, 2.24) is 10.2 Å². The Bertz CT molecular complexity index is 976. The molecule has 124 valence electrons. The van der Waals surface area contributed by atoms with Gasteiger partial charge in [0.2, 0.25) is 0 Å². The second-order valence-corrected chi connectivity index (χ2v) is 5.13. The standard InChI is InChI=1S/C18H11F2N3O2/c19-15-4-2-1-3-13(15)17-14(9-22-23-17)18(24)25-10-12-6-5-11(8-21)7-16(12)20/h1-7,9H,10H2,(H,22,23). The van der Waals surface area contributed by atoms with E-state index in [2.05, 4.69) is 10.2 Å². The number of carbonyl (C=O) groups is 1. The number of rotatable bonds is 4. The third-order valence-corrected chi connectivity index (χ3v) is 3.54. The quantitative estimate of drug-likeness (QED) is 0.737. The number of esters is 1. The molecule has 0 unspecified atom stereocenters. The smallest absolute Gasteiger partial charge is 0.342 e. The van der Waals surface area contributed by atoms with E-state index in [0.29, 0.717) is 0 Å². The van der Waals surface area contributed by atoms with Crippen LogP contribution in [0.1, 0.15) is 21.5 Å². The van der Waals surface area contributed by atoms with E-state index >= 15 is 0 Å². The number of hydrogen-bond acceptors (Lipinski definition) is 4. The highest BCUT2D eigenvalue weighted by Gasteiger charge is 2.19. The molecule has 0 saturated carbocycles. The molecule has 3 aromatic rings. The maximum Gasteiger partial charge on any atom is 0.342 e. The third kappa shape index (κ3) is 3.38. The zero-order valence-corrected chi connectivity index (χ0v) is 12.8. The molecule has 0 saturated heterocycles. The van der Waals surface area contributed by atoms with Gasteiger partial charge in [-0.1, -0.05) is 18.2 Å². The lowest BCUT2D eigenvalue weighted by Gasteiger charge is -2.07. The lowest BCUT2D eigenvalue weighted by Crippen LogP contribution is -2.07. The number of benzene rings is 2. The molecule has 5 nitrogen and oxygen atoms in total. The molecule has 0 atom stereocenters. The first kappa shape index (κ1) is 16.3. The van der Waals surface area contributed by atoms with Crippen molar-refractivity contribution in [3.8, 4) is 17.3 Å². The Labute approximate surface area is 141 Å². The Morgan fingerprint density at radius 1 is 1.20 bits per heavy atom. The molecule has 0 radical (unpaired) electrons. The number of nitrogens with zero attached hydrogens (tertiary/aromatic N) is 2. The van der Waals surface area contributed by atoms with Crippen LogP contribution in [-0.2, 0) is 11.3 Å². The van der Waals surface area contributed by atoms with Crippen molar-refractivity contribution in [2.75, 3.05) is 0 Å². The van der Waals surface area contributed by atoms with Gasteiger partial charge in [0.15, 0.2) is 0 Å². The van der Waals surface area contributed by atoms with Crippen molar-refractivity contribution >= 4 is 5.97 Å². The second kappa shape index (κ2) is 6.93. The van der Waals surface area contributed by atoms with Crippen LogP contribution in [0, 0.1) is 23.0 Å². The molecule has 0 aliphatic rings. The zero-order chi connectivity index (χ0) is 17.8. The van der Waals surface area contributed by atoms with E-state index in [4.69, 9.17) is 10.00 Å². The average molecular weight is 339 g/mol. The minimum Gasteiger partial charge on any atom is -0.457 e. The van der Waals surface area contributed by atoms with Crippen molar-refractivity contribution in [2.45, 2.75) is 6.61 Å². The Hall–Kier alpha value is -3.53. The van der Waals surface area contributed by atoms with Gasteiger partial charge in [0.1, 0.15) is 23.8 Å². The number of H-pyrrole nitrogens is 1. The molecule has 1 N–H and O–H groups in total. The topological polar surface area (TPSA) is 78.8 Å². The van der Waals surface area contributed by atoms with Gasteiger partial charge in [-0.3, -0.25) is 5.10 Å². The van der Waals surface area contributed by atoms with E-state index in [1.54, 1.807) is 6.07 Å². The van der Waals surface area contributed by atoms with Crippen LogP contribution in [0.4, 0.5) is 8.78 Å². The van der Waals surface area contributed by atoms with Crippen LogP contribution in [0.2, 0.25) is 0 Å². The Morgan fingerprint density at radius 2 is 2.00 bits per heavy atom. The highest BCUT2D eigenvalue weighted by molar-refractivity contribution is 5.95. The van der Waals surface area contributed by atoms with Gasteiger partial charge in [-0.2, -0.15) is 10.4 Å². The van der Waals surface area contributed by atoms with Crippen LogP contribution in [-0.4, -0.2) is 16.2 Å².